The Morgan fingerprint density at radius 1 is 1.47 bits per heavy atom. The Hall–Kier alpha value is -0.790. The highest BCUT2D eigenvalue weighted by Gasteiger charge is 2.10. The highest BCUT2D eigenvalue weighted by atomic mass is 79.9. The molecule has 0 spiro atoms. The fourth-order valence-electron chi connectivity index (χ4n) is 1.26. The van der Waals surface area contributed by atoms with Crippen molar-refractivity contribution in [2.24, 2.45) is 5.73 Å². The second kappa shape index (κ2) is 6.83. The molecule has 0 saturated carbocycles. The van der Waals surface area contributed by atoms with Gasteiger partial charge < -0.3 is 5.73 Å². The van der Waals surface area contributed by atoms with E-state index in [0.29, 0.717) is 22.5 Å². The van der Waals surface area contributed by atoms with Crippen LogP contribution in [-0.4, -0.2) is 21.4 Å². The number of nitrogens with zero attached hydrogens (tertiary/aromatic N) is 1. The number of benzene rings is 1. The zero-order valence-corrected chi connectivity index (χ0v) is 11.5. The number of non-ortho nitro benzene ring substituents is 1. The minimum atomic E-state index is -0.978. The Morgan fingerprint density at radius 3 is 2.71 bits per heavy atom. The first-order chi connectivity index (χ1) is 8.04. The molecule has 0 amide bonds. The van der Waals surface area contributed by atoms with Crippen molar-refractivity contribution < 1.29 is 9.13 Å². The molecule has 7 heteroatoms. The summed E-state index contributed by atoms with van der Waals surface area (Å²) < 4.78 is 12.3. The van der Waals surface area contributed by atoms with E-state index >= 15 is 0 Å². The van der Waals surface area contributed by atoms with Crippen molar-refractivity contribution >= 4 is 32.4 Å². The van der Waals surface area contributed by atoms with Crippen molar-refractivity contribution in [1.29, 1.82) is 0 Å². The molecule has 0 aliphatic carbocycles. The predicted molar refractivity (Wildman–Crippen MR) is 71.2 cm³/mol. The first-order valence-electron chi connectivity index (χ1n) is 5.02. The standard InChI is InChI=1S/C10H13BrN2O3S/c11-10-6-9(13(14)15)3-2-8(10)7-17(16)5-1-4-12/h2-3,6H,1,4-5,7,12H2. The van der Waals surface area contributed by atoms with Crippen molar-refractivity contribution in [1.82, 2.24) is 0 Å². The topological polar surface area (TPSA) is 86.2 Å². The predicted octanol–water partition coefficient (Wildman–Crippen LogP) is 1.95. The van der Waals surface area contributed by atoms with Gasteiger partial charge in [0.05, 0.1) is 4.92 Å². The Bertz CT molecular complexity index is 440. The number of rotatable bonds is 6. The van der Waals surface area contributed by atoms with Crippen LogP contribution in [0.5, 0.6) is 0 Å². The highest BCUT2D eigenvalue weighted by molar-refractivity contribution is 9.10. The largest absolute Gasteiger partial charge is 0.330 e. The molecule has 94 valence electrons. The van der Waals surface area contributed by atoms with E-state index < -0.39 is 15.7 Å². The van der Waals surface area contributed by atoms with Gasteiger partial charge in [0.1, 0.15) is 0 Å². The molecule has 1 aromatic carbocycles. The number of halogens is 1. The molecule has 0 saturated heterocycles. The lowest BCUT2D eigenvalue weighted by Crippen LogP contribution is -2.07. The van der Waals surface area contributed by atoms with Crippen LogP contribution in [0.4, 0.5) is 5.69 Å². The lowest BCUT2D eigenvalue weighted by atomic mass is 10.2. The molecule has 0 aliphatic rings. The third-order valence-corrected chi connectivity index (χ3v) is 4.26. The summed E-state index contributed by atoms with van der Waals surface area (Å²) in [7, 11) is -0.978. The van der Waals surface area contributed by atoms with E-state index in [-0.39, 0.29) is 5.69 Å². The van der Waals surface area contributed by atoms with E-state index in [0.717, 1.165) is 12.0 Å². The summed E-state index contributed by atoms with van der Waals surface area (Å²) in [6.45, 7) is 0.521. The van der Waals surface area contributed by atoms with Crippen molar-refractivity contribution in [2.45, 2.75) is 12.2 Å². The zero-order chi connectivity index (χ0) is 12.8. The van der Waals surface area contributed by atoms with Crippen LogP contribution in [0.25, 0.3) is 0 Å². The maximum atomic E-state index is 11.6. The number of hydrogen-bond donors (Lipinski definition) is 1. The molecule has 0 aromatic heterocycles. The summed E-state index contributed by atoms with van der Waals surface area (Å²) in [4.78, 5) is 10.1. The van der Waals surface area contributed by atoms with Crippen molar-refractivity contribution in [3.8, 4) is 0 Å². The summed E-state index contributed by atoms with van der Waals surface area (Å²) in [5.41, 5.74) is 6.17. The first kappa shape index (κ1) is 14.3. The van der Waals surface area contributed by atoms with Gasteiger partial charge in [-0.05, 0) is 18.5 Å². The highest BCUT2D eigenvalue weighted by Crippen LogP contribution is 2.24. The van der Waals surface area contributed by atoms with Gasteiger partial charge >= 0.3 is 0 Å². The van der Waals surface area contributed by atoms with E-state index in [9.17, 15) is 14.3 Å². The molecule has 0 fully saturated rings. The quantitative estimate of drug-likeness (QED) is 0.641. The number of nitro groups is 1. The molecule has 1 unspecified atom stereocenters. The summed E-state index contributed by atoms with van der Waals surface area (Å²) in [5.74, 6) is 0.943. The average Bonchev–Trinajstić information content (AvgIpc) is 2.28. The zero-order valence-electron chi connectivity index (χ0n) is 9.10. The van der Waals surface area contributed by atoms with Crippen molar-refractivity contribution in [2.75, 3.05) is 12.3 Å². The number of nitro benzene ring substituents is 1. The Labute approximate surface area is 110 Å². The molecule has 0 heterocycles. The van der Waals surface area contributed by atoms with E-state index in [4.69, 9.17) is 5.73 Å². The Morgan fingerprint density at radius 2 is 2.18 bits per heavy atom. The fraction of sp³-hybridized carbons (Fsp3) is 0.400. The maximum Gasteiger partial charge on any atom is 0.270 e. The van der Waals surface area contributed by atoms with Gasteiger partial charge in [0.15, 0.2) is 0 Å². The van der Waals surface area contributed by atoms with Gasteiger partial charge in [0.25, 0.3) is 5.69 Å². The van der Waals surface area contributed by atoms with Gasteiger partial charge in [-0.3, -0.25) is 14.3 Å². The molecule has 0 radical (unpaired) electrons. The second-order valence-corrected chi connectivity index (χ2v) is 5.89. The number of hydrogen-bond acceptors (Lipinski definition) is 4. The summed E-state index contributed by atoms with van der Waals surface area (Å²) >= 11 is 3.25. The second-order valence-electron chi connectivity index (χ2n) is 3.46. The SMILES string of the molecule is NCCCS(=O)Cc1ccc([N+](=O)[O-])cc1Br. The number of nitrogens with two attached hydrogens (primary N) is 1. The van der Waals surface area contributed by atoms with Gasteiger partial charge in [-0.2, -0.15) is 0 Å². The lowest BCUT2D eigenvalue weighted by molar-refractivity contribution is -0.384. The maximum absolute atomic E-state index is 11.6. The van der Waals surface area contributed by atoms with Gasteiger partial charge in [-0.25, -0.2) is 0 Å². The van der Waals surface area contributed by atoms with Crippen molar-refractivity contribution in [3.05, 3.63) is 38.3 Å². The lowest BCUT2D eigenvalue weighted by Gasteiger charge is -2.04. The molecule has 2 N–H and O–H groups in total. The minimum absolute atomic E-state index is 0.0216. The monoisotopic (exact) mass is 320 g/mol. The van der Waals surface area contributed by atoms with Crippen LogP contribution in [0.1, 0.15) is 12.0 Å². The Balaban J connectivity index is 2.72. The van der Waals surface area contributed by atoms with Crippen LogP contribution < -0.4 is 5.73 Å². The molecule has 1 aromatic rings. The third kappa shape index (κ3) is 4.53. The molecular weight excluding hydrogens is 308 g/mol. The van der Waals surface area contributed by atoms with E-state index in [1.165, 1.54) is 12.1 Å². The smallest absolute Gasteiger partial charge is 0.270 e. The molecule has 0 aliphatic heterocycles. The van der Waals surface area contributed by atoms with Gasteiger partial charge in [0.2, 0.25) is 0 Å². The fourth-order valence-corrected chi connectivity index (χ4v) is 3.18. The van der Waals surface area contributed by atoms with Crippen LogP contribution in [0, 0.1) is 10.1 Å². The van der Waals surface area contributed by atoms with E-state index in [1.807, 2.05) is 0 Å². The molecule has 0 bridgehead atoms. The summed E-state index contributed by atoms with van der Waals surface area (Å²) in [6.07, 6.45) is 0.719. The normalized spacial score (nSPS) is 12.4. The Kier molecular flexibility index (Phi) is 5.73. The summed E-state index contributed by atoms with van der Waals surface area (Å²) in [5, 5.41) is 10.5. The van der Waals surface area contributed by atoms with Crippen LogP contribution in [0.3, 0.4) is 0 Å². The van der Waals surface area contributed by atoms with Gasteiger partial charge in [-0.15, -0.1) is 0 Å². The molecule has 1 rings (SSSR count). The van der Waals surface area contributed by atoms with Crippen LogP contribution >= 0.6 is 15.9 Å². The van der Waals surface area contributed by atoms with Crippen LogP contribution in [0.2, 0.25) is 0 Å². The van der Waals surface area contributed by atoms with Crippen LogP contribution in [-0.2, 0) is 16.6 Å². The minimum Gasteiger partial charge on any atom is -0.330 e. The van der Waals surface area contributed by atoms with Gasteiger partial charge in [0, 0.05) is 38.9 Å². The molecular formula is C10H13BrN2O3S. The van der Waals surface area contributed by atoms with E-state index in [1.54, 1.807) is 6.07 Å². The first-order valence-corrected chi connectivity index (χ1v) is 7.30. The van der Waals surface area contributed by atoms with E-state index in [2.05, 4.69) is 15.9 Å². The van der Waals surface area contributed by atoms with Crippen molar-refractivity contribution in [3.63, 3.8) is 0 Å². The molecule has 17 heavy (non-hydrogen) atoms. The average molecular weight is 321 g/mol. The van der Waals surface area contributed by atoms with Gasteiger partial charge in [-0.1, -0.05) is 22.0 Å². The third-order valence-electron chi connectivity index (χ3n) is 2.14. The summed E-state index contributed by atoms with van der Waals surface area (Å²) in [6, 6.07) is 4.47. The van der Waals surface area contributed by atoms with Crippen LogP contribution in [0.15, 0.2) is 22.7 Å². The molecule has 1 atom stereocenters. The molecule has 5 nitrogen and oxygen atoms in total.